The predicted molar refractivity (Wildman–Crippen MR) is 65.7 cm³/mol. The number of benzene rings is 1. The van der Waals surface area contributed by atoms with Crippen molar-refractivity contribution >= 4 is 11.8 Å². The van der Waals surface area contributed by atoms with Crippen molar-refractivity contribution in [2.24, 2.45) is 5.73 Å². The minimum Gasteiger partial charge on any atom is -0.329 e. The fourth-order valence-electron chi connectivity index (χ4n) is 1.27. The molecule has 2 N–H and O–H groups in total. The molecule has 1 unspecified atom stereocenters. The fourth-order valence-corrected chi connectivity index (χ4v) is 2.12. The molecule has 0 aliphatic carbocycles. The highest BCUT2D eigenvalue weighted by Gasteiger charge is 1.98. The van der Waals surface area contributed by atoms with Crippen molar-refractivity contribution in [1.82, 2.24) is 0 Å². The molecule has 1 aromatic rings. The van der Waals surface area contributed by atoms with Crippen LogP contribution in [0.15, 0.2) is 30.3 Å². The zero-order valence-corrected chi connectivity index (χ0v) is 9.59. The molecule has 0 amide bonds. The number of nitrogens with two attached hydrogens (primary N) is 1. The maximum Gasteiger partial charge on any atom is 0.0141 e. The Balaban J connectivity index is 2.10. The zero-order chi connectivity index (χ0) is 10.2. The lowest BCUT2D eigenvalue weighted by Crippen LogP contribution is -2.13. The molecule has 2 heteroatoms. The van der Waals surface area contributed by atoms with E-state index < -0.39 is 0 Å². The second-order valence-electron chi connectivity index (χ2n) is 3.51. The molecule has 0 aliphatic rings. The fraction of sp³-hybridized carbons (Fsp3) is 0.500. The Morgan fingerprint density at radius 2 is 2.00 bits per heavy atom. The first-order valence-electron chi connectivity index (χ1n) is 5.18. The van der Waals surface area contributed by atoms with Crippen LogP contribution in [-0.2, 0) is 6.42 Å². The van der Waals surface area contributed by atoms with Crippen LogP contribution in [0, 0.1) is 0 Å². The summed E-state index contributed by atoms with van der Waals surface area (Å²) in [5, 5.41) is 0.603. The van der Waals surface area contributed by atoms with Gasteiger partial charge in [0, 0.05) is 11.8 Å². The van der Waals surface area contributed by atoms with E-state index in [1.807, 2.05) is 11.8 Å². The quantitative estimate of drug-likeness (QED) is 0.729. The molecule has 1 nitrogen and oxygen atoms in total. The summed E-state index contributed by atoms with van der Waals surface area (Å²) in [6, 6.07) is 10.7. The monoisotopic (exact) mass is 209 g/mol. The summed E-state index contributed by atoms with van der Waals surface area (Å²) >= 11 is 1.97. The average Bonchev–Trinajstić information content (AvgIpc) is 2.25. The van der Waals surface area contributed by atoms with Crippen molar-refractivity contribution < 1.29 is 0 Å². The Hall–Kier alpha value is -0.470. The first-order chi connectivity index (χ1) is 6.83. The van der Waals surface area contributed by atoms with Crippen LogP contribution >= 0.6 is 11.8 Å². The third kappa shape index (κ3) is 4.68. The molecule has 0 fully saturated rings. The van der Waals surface area contributed by atoms with Gasteiger partial charge in [0.05, 0.1) is 0 Å². The van der Waals surface area contributed by atoms with Gasteiger partial charge < -0.3 is 5.73 Å². The third-order valence-electron chi connectivity index (χ3n) is 2.19. The maximum atomic E-state index is 5.54. The SMILES string of the molecule is CC(CN)SCCCc1ccccc1. The molecule has 0 bridgehead atoms. The van der Waals surface area contributed by atoms with Gasteiger partial charge in [0.1, 0.15) is 0 Å². The molecule has 78 valence electrons. The van der Waals surface area contributed by atoms with E-state index >= 15 is 0 Å². The molecule has 0 saturated heterocycles. The molecular weight excluding hydrogens is 190 g/mol. The number of hydrogen-bond donors (Lipinski definition) is 1. The Labute approximate surface area is 91.1 Å². The van der Waals surface area contributed by atoms with Gasteiger partial charge in [-0.2, -0.15) is 11.8 Å². The number of aryl methyl sites for hydroxylation is 1. The lowest BCUT2D eigenvalue weighted by molar-refractivity contribution is 0.912. The lowest BCUT2D eigenvalue weighted by Gasteiger charge is -2.07. The molecular formula is C12H19NS. The minimum absolute atomic E-state index is 0.603. The maximum absolute atomic E-state index is 5.54. The molecule has 0 heterocycles. The summed E-state index contributed by atoms with van der Waals surface area (Å²) < 4.78 is 0. The van der Waals surface area contributed by atoms with Crippen LogP contribution in [0.2, 0.25) is 0 Å². The van der Waals surface area contributed by atoms with Gasteiger partial charge in [0.25, 0.3) is 0 Å². The van der Waals surface area contributed by atoms with Gasteiger partial charge in [-0.1, -0.05) is 37.3 Å². The topological polar surface area (TPSA) is 26.0 Å². The van der Waals surface area contributed by atoms with Crippen molar-refractivity contribution in [3.05, 3.63) is 35.9 Å². The van der Waals surface area contributed by atoms with E-state index in [4.69, 9.17) is 5.73 Å². The van der Waals surface area contributed by atoms with Crippen LogP contribution in [0.1, 0.15) is 18.9 Å². The molecule has 0 aliphatic heterocycles. The van der Waals surface area contributed by atoms with E-state index in [1.54, 1.807) is 0 Å². The van der Waals surface area contributed by atoms with E-state index in [-0.39, 0.29) is 0 Å². The zero-order valence-electron chi connectivity index (χ0n) is 8.78. The molecule has 1 rings (SSSR count). The van der Waals surface area contributed by atoms with Crippen LogP contribution in [-0.4, -0.2) is 17.5 Å². The van der Waals surface area contributed by atoms with Gasteiger partial charge in [-0.15, -0.1) is 0 Å². The van der Waals surface area contributed by atoms with Crippen LogP contribution < -0.4 is 5.73 Å². The molecule has 14 heavy (non-hydrogen) atoms. The Morgan fingerprint density at radius 1 is 1.29 bits per heavy atom. The Kier molecular flexibility index (Phi) is 5.72. The summed E-state index contributed by atoms with van der Waals surface area (Å²) in [4.78, 5) is 0. The highest BCUT2D eigenvalue weighted by atomic mass is 32.2. The molecule has 0 radical (unpaired) electrons. The van der Waals surface area contributed by atoms with E-state index in [0.717, 1.165) is 6.54 Å². The molecule has 0 aromatic heterocycles. The van der Waals surface area contributed by atoms with Crippen LogP contribution in [0.25, 0.3) is 0 Å². The largest absolute Gasteiger partial charge is 0.329 e. The number of hydrogen-bond acceptors (Lipinski definition) is 2. The molecule has 1 atom stereocenters. The normalized spacial score (nSPS) is 12.7. The second kappa shape index (κ2) is 6.91. The highest BCUT2D eigenvalue weighted by molar-refractivity contribution is 7.99. The minimum atomic E-state index is 0.603. The van der Waals surface area contributed by atoms with Crippen molar-refractivity contribution in [3.63, 3.8) is 0 Å². The number of rotatable bonds is 6. The van der Waals surface area contributed by atoms with Gasteiger partial charge in [0.2, 0.25) is 0 Å². The average molecular weight is 209 g/mol. The Bertz CT molecular complexity index is 235. The van der Waals surface area contributed by atoms with Crippen LogP contribution in [0.5, 0.6) is 0 Å². The van der Waals surface area contributed by atoms with Gasteiger partial charge >= 0.3 is 0 Å². The first kappa shape index (κ1) is 11.6. The van der Waals surface area contributed by atoms with Crippen LogP contribution in [0.3, 0.4) is 0 Å². The highest BCUT2D eigenvalue weighted by Crippen LogP contribution is 2.12. The summed E-state index contributed by atoms with van der Waals surface area (Å²) in [5.41, 5.74) is 6.98. The van der Waals surface area contributed by atoms with E-state index in [2.05, 4.69) is 37.3 Å². The third-order valence-corrected chi connectivity index (χ3v) is 3.47. The van der Waals surface area contributed by atoms with Gasteiger partial charge in [-0.3, -0.25) is 0 Å². The summed E-state index contributed by atoms with van der Waals surface area (Å²) in [5.74, 6) is 1.22. The molecule has 0 saturated carbocycles. The van der Waals surface area contributed by atoms with E-state index in [0.29, 0.717) is 5.25 Å². The van der Waals surface area contributed by atoms with Crippen molar-refractivity contribution in [1.29, 1.82) is 0 Å². The first-order valence-corrected chi connectivity index (χ1v) is 6.23. The predicted octanol–water partition coefficient (Wildman–Crippen LogP) is 2.70. The van der Waals surface area contributed by atoms with Crippen molar-refractivity contribution in [3.8, 4) is 0 Å². The molecule has 0 spiro atoms. The summed E-state index contributed by atoms with van der Waals surface area (Å²) in [6.45, 7) is 2.98. The lowest BCUT2D eigenvalue weighted by atomic mass is 10.1. The van der Waals surface area contributed by atoms with Crippen LogP contribution in [0.4, 0.5) is 0 Å². The van der Waals surface area contributed by atoms with Crippen molar-refractivity contribution in [2.45, 2.75) is 25.0 Å². The van der Waals surface area contributed by atoms with E-state index in [1.165, 1.54) is 24.2 Å². The van der Waals surface area contributed by atoms with Gasteiger partial charge in [0.15, 0.2) is 0 Å². The summed E-state index contributed by atoms with van der Waals surface area (Å²) in [6.07, 6.45) is 2.43. The van der Waals surface area contributed by atoms with Gasteiger partial charge in [-0.05, 0) is 24.2 Å². The second-order valence-corrected chi connectivity index (χ2v) is 5.05. The standard InChI is InChI=1S/C12H19NS/c1-11(10-13)14-9-5-8-12-6-3-2-4-7-12/h2-4,6-7,11H,5,8-10,13H2,1H3. The van der Waals surface area contributed by atoms with Crippen molar-refractivity contribution in [2.75, 3.05) is 12.3 Å². The van der Waals surface area contributed by atoms with Gasteiger partial charge in [-0.25, -0.2) is 0 Å². The van der Waals surface area contributed by atoms with E-state index in [9.17, 15) is 0 Å². The summed E-state index contributed by atoms with van der Waals surface area (Å²) in [7, 11) is 0. The molecule has 1 aromatic carbocycles. The smallest absolute Gasteiger partial charge is 0.0141 e. The Morgan fingerprint density at radius 3 is 2.64 bits per heavy atom. The number of thioether (sulfide) groups is 1.